The van der Waals surface area contributed by atoms with Gasteiger partial charge in [0, 0.05) is 17.8 Å². The van der Waals surface area contributed by atoms with Crippen molar-refractivity contribution in [1.82, 2.24) is 15.2 Å². The van der Waals surface area contributed by atoms with Gasteiger partial charge in [-0.05, 0) is 25.7 Å². The molecule has 0 atom stereocenters. The first kappa shape index (κ1) is 13.6. The van der Waals surface area contributed by atoms with Gasteiger partial charge in [0.15, 0.2) is 0 Å². The number of nitrogens with one attached hydrogen (secondary N) is 2. The van der Waals surface area contributed by atoms with Gasteiger partial charge in [-0.15, -0.1) is 11.3 Å². The monoisotopic (exact) mass is 310 g/mol. The minimum absolute atomic E-state index is 0.151. The molecule has 7 heteroatoms. The fourth-order valence-corrected chi connectivity index (χ4v) is 3.64. The normalized spacial score (nSPS) is 14.1. The summed E-state index contributed by atoms with van der Waals surface area (Å²) in [6.07, 6.45) is 7.17. The van der Waals surface area contributed by atoms with Crippen LogP contribution in [0.15, 0.2) is 11.0 Å². The van der Waals surface area contributed by atoms with Crippen LogP contribution in [0.5, 0.6) is 0 Å². The lowest BCUT2D eigenvalue weighted by atomic mass is 10.0. The third-order valence-electron chi connectivity index (χ3n) is 3.34. The second-order valence-corrected chi connectivity index (χ2v) is 6.33. The van der Waals surface area contributed by atoms with Crippen LogP contribution in [0.25, 0.3) is 0 Å². The molecule has 106 valence electrons. The number of halogens is 1. The number of H-pyrrole nitrogens is 1. The molecule has 0 fully saturated rings. The summed E-state index contributed by atoms with van der Waals surface area (Å²) in [5.41, 5.74) is 1.48. The van der Waals surface area contributed by atoms with Crippen molar-refractivity contribution in [2.45, 2.75) is 32.1 Å². The first-order chi connectivity index (χ1) is 9.74. The summed E-state index contributed by atoms with van der Waals surface area (Å²) in [7, 11) is 0. The van der Waals surface area contributed by atoms with Crippen molar-refractivity contribution in [2.24, 2.45) is 0 Å². The van der Waals surface area contributed by atoms with E-state index in [1.807, 2.05) is 11.3 Å². The smallest absolute Gasteiger partial charge is 0.285 e. The van der Waals surface area contributed by atoms with Crippen LogP contribution in [0.2, 0.25) is 5.02 Å². The number of nitrogens with zero attached hydrogens (tertiary/aromatic N) is 2. The zero-order valence-electron chi connectivity index (χ0n) is 10.9. The molecule has 0 radical (unpaired) electrons. The molecule has 0 saturated heterocycles. The highest BCUT2D eigenvalue weighted by atomic mass is 35.5. The molecule has 20 heavy (non-hydrogen) atoms. The molecule has 1 aliphatic carbocycles. The van der Waals surface area contributed by atoms with Crippen LogP contribution in [-0.4, -0.2) is 21.7 Å². The van der Waals surface area contributed by atoms with Crippen molar-refractivity contribution in [2.75, 3.05) is 11.9 Å². The lowest BCUT2D eigenvalue weighted by Gasteiger charge is -2.06. The van der Waals surface area contributed by atoms with Crippen LogP contribution in [0, 0.1) is 0 Å². The Morgan fingerprint density at radius 1 is 1.40 bits per heavy atom. The van der Waals surface area contributed by atoms with Gasteiger partial charge in [0.05, 0.1) is 22.6 Å². The van der Waals surface area contributed by atoms with Gasteiger partial charge in [0.1, 0.15) is 5.02 Å². The van der Waals surface area contributed by atoms with Gasteiger partial charge in [0.2, 0.25) is 0 Å². The van der Waals surface area contributed by atoms with Gasteiger partial charge in [-0.3, -0.25) is 4.79 Å². The van der Waals surface area contributed by atoms with E-state index < -0.39 is 0 Å². The first-order valence-electron chi connectivity index (χ1n) is 6.68. The van der Waals surface area contributed by atoms with E-state index in [0.717, 1.165) is 17.8 Å². The van der Waals surface area contributed by atoms with Crippen LogP contribution in [0.1, 0.15) is 28.4 Å². The third-order valence-corrected chi connectivity index (χ3v) is 4.93. The topological polar surface area (TPSA) is 70.7 Å². The van der Waals surface area contributed by atoms with Gasteiger partial charge >= 0.3 is 0 Å². The zero-order valence-corrected chi connectivity index (χ0v) is 12.5. The van der Waals surface area contributed by atoms with Crippen LogP contribution in [0.4, 0.5) is 5.69 Å². The molecular weight excluding hydrogens is 296 g/mol. The first-order valence-corrected chi connectivity index (χ1v) is 7.88. The van der Waals surface area contributed by atoms with E-state index in [-0.39, 0.29) is 10.6 Å². The Morgan fingerprint density at radius 3 is 3.10 bits per heavy atom. The molecule has 2 aromatic rings. The Bertz CT molecular complexity index is 643. The highest BCUT2D eigenvalue weighted by molar-refractivity contribution is 7.11. The Hall–Kier alpha value is -1.40. The molecular formula is C13H15ClN4OS. The average Bonchev–Trinajstić information content (AvgIpc) is 2.86. The van der Waals surface area contributed by atoms with Crippen LogP contribution in [-0.2, 0) is 19.3 Å². The zero-order chi connectivity index (χ0) is 13.9. The maximum Gasteiger partial charge on any atom is 0.285 e. The van der Waals surface area contributed by atoms with Crippen molar-refractivity contribution in [3.05, 3.63) is 37.2 Å². The van der Waals surface area contributed by atoms with Crippen molar-refractivity contribution in [3.63, 3.8) is 0 Å². The van der Waals surface area contributed by atoms with Crippen molar-refractivity contribution < 1.29 is 0 Å². The SMILES string of the molecule is O=c1[nH]ncc(NCCc2nc3c(s2)CCCC3)c1Cl. The molecule has 2 aromatic heterocycles. The predicted octanol–water partition coefficient (Wildman–Crippen LogP) is 2.41. The van der Waals surface area contributed by atoms with Crippen molar-refractivity contribution >= 4 is 28.6 Å². The number of aromatic amines is 1. The fourth-order valence-electron chi connectivity index (χ4n) is 2.32. The molecule has 0 amide bonds. The van der Waals surface area contributed by atoms with E-state index in [4.69, 9.17) is 11.6 Å². The van der Waals surface area contributed by atoms with E-state index in [2.05, 4.69) is 20.5 Å². The quantitative estimate of drug-likeness (QED) is 0.910. The second-order valence-electron chi connectivity index (χ2n) is 4.79. The van der Waals surface area contributed by atoms with E-state index in [1.165, 1.54) is 36.0 Å². The number of hydrogen-bond acceptors (Lipinski definition) is 5. The Balaban J connectivity index is 1.61. The molecule has 2 heterocycles. The van der Waals surface area contributed by atoms with Gasteiger partial charge in [0.25, 0.3) is 5.56 Å². The highest BCUT2D eigenvalue weighted by Gasteiger charge is 2.14. The van der Waals surface area contributed by atoms with Crippen molar-refractivity contribution in [3.8, 4) is 0 Å². The highest BCUT2D eigenvalue weighted by Crippen LogP contribution is 2.27. The summed E-state index contributed by atoms with van der Waals surface area (Å²) in [5, 5.41) is 10.5. The van der Waals surface area contributed by atoms with Gasteiger partial charge < -0.3 is 5.32 Å². The Morgan fingerprint density at radius 2 is 2.25 bits per heavy atom. The minimum Gasteiger partial charge on any atom is -0.382 e. The van der Waals surface area contributed by atoms with E-state index in [9.17, 15) is 4.79 Å². The third kappa shape index (κ3) is 2.86. The van der Waals surface area contributed by atoms with Gasteiger partial charge in [-0.1, -0.05) is 11.6 Å². The summed E-state index contributed by atoms with van der Waals surface area (Å²) < 4.78 is 0. The van der Waals surface area contributed by atoms with Crippen molar-refractivity contribution in [1.29, 1.82) is 0 Å². The van der Waals surface area contributed by atoms with Gasteiger partial charge in [-0.25, -0.2) is 10.1 Å². The van der Waals surface area contributed by atoms with E-state index >= 15 is 0 Å². The van der Waals surface area contributed by atoms with Crippen LogP contribution < -0.4 is 10.9 Å². The summed E-state index contributed by atoms with van der Waals surface area (Å²) >= 11 is 7.71. The number of fused-ring (bicyclic) bond motifs is 1. The van der Waals surface area contributed by atoms with Gasteiger partial charge in [-0.2, -0.15) is 5.10 Å². The molecule has 0 aliphatic heterocycles. The molecule has 1 aliphatic rings. The average molecular weight is 311 g/mol. The second kappa shape index (κ2) is 5.93. The summed E-state index contributed by atoms with van der Waals surface area (Å²) in [5.74, 6) is 0. The van der Waals surface area contributed by atoms with Crippen LogP contribution in [0.3, 0.4) is 0 Å². The Labute approximate surface area is 125 Å². The van der Waals surface area contributed by atoms with Crippen LogP contribution >= 0.6 is 22.9 Å². The maximum atomic E-state index is 11.3. The number of aromatic nitrogens is 3. The summed E-state index contributed by atoms with van der Waals surface area (Å²) in [6.45, 7) is 0.692. The lowest BCUT2D eigenvalue weighted by Crippen LogP contribution is -2.13. The lowest BCUT2D eigenvalue weighted by molar-refractivity contribution is 0.680. The number of thiazole rings is 1. The minimum atomic E-state index is -0.374. The number of hydrogen-bond donors (Lipinski definition) is 2. The Kier molecular flexibility index (Phi) is 4.03. The molecule has 3 rings (SSSR count). The summed E-state index contributed by atoms with van der Waals surface area (Å²) in [4.78, 5) is 17.4. The fraction of sp³-hybridized carbons (Fsp3) is 0.462. The summed E-state index contributed by atoms with van der Waals surface area (Å²) in [6, 6.07) is 0. The van der Waals surface area contributed by atoms with E-state index in [1.54, 1.807) is 0 Å². The molecule has 0 unspecified atom stereocenters. The largest absolute Gasteiger partial charge is 0.382 e. The molecule has 0 spiro atoms. The predicted molar refractivity (Wildman–Crippen MR) is 80.8 cm³/mol. The maximum absolute atomic E-state index is 11.3. The number of rotatable bonds is 4. The number of anilines is 1. The molecule has 0 aromatic carbocycles. The molecule has 2 N–H and O–H groups in total. The molecule has 0 bridgehead atoms. The standard InChI is InChI=1S/C13H15ClN4OS/c14-12-9(7-16-18-13(12)19)15-6-5-11-17-8-3-1-2-4-10(8)20-11/h7H,1-6H2,(H2,15,18,19). The molecule has 0 saturated carbocycles. The van der Waals surface area contributed by atoms with E-state index in [0.29, 0.717) is 12.2 Å². The molecule has 5 nitrogen and oxygen atoms in total. The number of aryl methyl sites for hydroxylation is 2.